The Bertz CT molecular complexity index is 664. The number of quaternary nitrogens is 1. The van der Waals surface area contributed by atoms with E-state index in [9.17, 15) is 4.39 Å². The van der Waals surface area contributed by atoms with E-state index in [1.165, 1.54) is 49.2 Å². The topological polar surface area (TPSA) is 28.5 Å². The minimum absolute atomic E-state index is 0.254. The standard InChI is InChI=1S/C19H22FN3S/c20-17-7-9-18(10-8-17)22-19(24)21-13-15-3-5-16(6-4-15)14-23-11-1-2-12-23/h3-10H,1-2,11-14H2,(H2,21,22,24)/p+1. The van der Waals surface area contributed by atoms with E-state index in [2.05, 4.69) is 34.9 Å². The van der Waals surface area contributed by atoms with Gasteiger partial charge in [0.1, 0.15) is 12.4 Å². The number of halogens is 1. The van der Waals surface area contributed by atoms with Gasteiger partial charge in [-0.05, 0) is 42.0 Å². The van der Waals surface area contributed by atoms with Crippen LogP contribution >= 0.6 is 12.2 Å². The van der Waals surface area contributed by atoms with Crippen LogP contribution in [0.3, 0.4) is 0 Å². The Morgan fingerprint density at radius 2 is 1.58 bits per heavy atom. The summed E-state index contributed by atoms with van der Waals surface area (Å²) in [6.45, 7) is 4.39. The van der Waals surface area contributed by atoms with Gasteiger partial charge in [0.2, 0.25) is 0 Å². The van der Waals surface area contributed by atoms with Gasteiger partial charge in [-0.1, -0.05) is 24.3 Å². The van der Waals surface area contributed by atoms with Gasteiger partial charge < -0.3 is 15.5 Å². The first-order valence-corrected chi connectivity index (χ1v) is 8.82. The smallest absolute Gasteiger partial charge is 0.171 e. The molecule has 1 fully saturated rings. The molecule has 1 saturated heterocycles. The minimum Gasteiger partial charge on any atom is -0.358 e. The van der Waals surface area contributed by atoms with Crippen molar-refractivity contribution in [1.29, 1.82) is 0 Å². The third kappa shape index (κ3) is 5.01. The Balaban J connectivity index is 1.45. The number of rotatable bonds is 5. The number of anilines is 1. The molecule has 1 aliphatic rings. The highest BCUT2D eigenvalue weighted by molar-refractivity contribution is 7.80. The van der Waals surface area contributed by atoms with E-state index >= 15 is 0 Å². The normalized spacial score (nSPS) is 14.5. The maximum atomic E-state index is 12.9. The van der Waals surface area contributed by atoms with Gasteiger partial charge in [0, 0.05) is 30.6 Å². The first kappa shape index (κ1) is 16.9. The van der Waals surface area contributed by atoms with Crippen molar-refractivity contribution in [1.82, 2.24) is 5.32 Å². The Morgan fingerprint density at radius 3 is 2.25 bits per heavy atom. The molecule has 3 nitrogen and oxygen atoms in total. The van der Waals surface area contributed by atoms with Crippen molar-refractivity contribution in [3.63, 3.8) is 0 Å². The van der Waals surface area contributed by atoms with Crippen molar-refractivity contribution in [2.75, 3.05) is 18.4 Å². The van der Waals surface area contributed by atoms with Crippen LogP contribution in [0.5, 0.6) is 0 Å². The van der Waals surface area contributed by atoms with Crippen LogP contribution in [0.4, 0.5) is 10.1 Å². The van der Waals surface area contributed by atoms with Crippen molar-refractivity contribution >= 4 is 23.0 Å². The second kappa shape index (κ2) is 8.22. The predicted octanol–water partition coefficient (Wildman–Crippen LogP) is 2.49. The van der Waals surface area contributed by atoms with Gasteiger partial charge in [0.05, 0.1) is 13.1 Å². The summed E-state index contributed by atoms with van der Waals surface area (Å²) in [7, 11) is 0. The molecule has 0 aromatic heterocycles. The monoisotopic (exact) mass is 344 g/mol. The van der Waals surface area contributed by atoms with Crippen molar-refractivity contribution in [3.05, 3.63) is 65.5 Å². The van der Waals surface area contributed by atoms with Gasteiger partial charge in [-0.25, -0.2) is 4.39 Å². The maximum absolute atomic E-state index is 12.9. The zero-order valence-corrected chi connectivity index (χ0v) is 14.5. The van der Waals surface area contributed by atoms with Crippen LogP contribution in [-0.2, 0) is 13.1 Å². The molecule has 0 unspecified atom stereocenters. The SMILES string of the molecule is Fc1ccc(NC(=S)NCc2ccc(C[NH+]3CCCC3)cc2)cc1. The molecule has 0 bridgehead atoms. The fourth-order valence-electron chi connectivity index (χ4n) is 3.01. The predicted molar refractivity (Wildman–Crippen MR) is 99.5 cm³/mol. The molecular formula is C19H23FN3S+. The lowest BCUT2D eigenvalue weighted by Gasteiger charge is -2.13. The molecule has 3 N–H and O–H groups in total. The molecule has 0 atom stereocenters. The van der Waals surface area contributed by atoms with Crippen molar-refractivity contribution in [2.45, 2.75) is 25.9 Å². The van der Waals surface area contributed by atoms with Crippen LogP contribution in [0.1, 0.15) is 24.0 Å². The van der Waals surface area contributed by atoms with Crippen LogP contribution < -0.4 is 15.5 Å². The molecule has 0 spiro atoms. The van der Waals surface area contributed by atoms with Crippen LogP contribution in [0.15, 0.2) is 48.5 Å². The van der Waals surface area contributed by atoms with E-state index in [4.69, 9.17) is 12.2 Å². The number of hydrogen-bond donors (Lipinski definition) is 3. The summed E-state index contributed by atoms with van der Waals surface area (Å²) in [6, 6.07) is 14.9. The van der Waals surface area contributed by atoms with Gasteiger partial charge in [-0.2, -0.15) is 0 Å². The second-order valence-electron chi connectivity index (χ2n) is 6.26. The number of hydrogen-bond acceptors (Lipinski definition) is 1. The third-order valence-electron chi connectivity index (χ3n) is 4.34. The summed E-state index contributed by atoms with van der Waals surface area (Å²) in [5, 5.41) is 6.76. The largest absolute Gasteiger partial charge is 0.358 e. The molecule has 0 saturated carbocycles. The Kier molecular flexibility index (Phi) is 5.77. The van der Waals surface area contributed by atoms with Crippen LogP contribution in [-0.4, -0.2) is 18.2 Å². The van der Waals surface area contributed by atoms with Crippen molar-refractivity contribution < 1.29 is 9.29 Å². The highest BCUT2D eigenvalue weighted by atomic mass is 32.1. The second-order valence-corrected chi connectivity index (χ2v) is 6.67. The average Bonchev–Trinajstić information content (AvgIpc) is 3.09. The molecule has 1 aliphatic heterocycles. The lowest BCUT2D eigenvalue weighted by atomic mass is 10.1. The highest BCUT2D eigenvalue weighted by Crippen LogP contribution is 2.08. The maximum Gasteiger partial charge on any atom is 0.171 e. The highest BCUT2D eigenvalue weighted by Gasteiger charge is 2.15. The number of benzene rings is 2. The van der Waals surface area contributed by atoms with E-state index in [1.54, 1.807) is 17.0 Å². The lowest BCUT2D eigenvalue weighted by Crippen LogP contribution is -3.08. The number of likely N-dealkylation sites (tertiary alicyclic amines) is 1. The third-order valence-corrected chi connectivity index (χ3v) is 4.59. The Morgan fingerprint density at radius 1 is 0.958 bits per heavy atom. The molecule has 24 heavy (non-hydrogen) atoms. The van der Waals surface area contributed by atoms with Crippen LogP contribution in [0, 0.1) is 5.82 Å². The fourth-order valence-corrected chi connectivity index (χ4v) is 3.20. The average molecular weight is 344 g/mol. The summed E-state index contributed by atoms with van der Waals surface area (Å²) in [6.07, 6.45) is 2.71. The zero-order valence-electron chi connectivity index (χ0n) is 13.6. The van der Waals surface area contributed by atoms with Crippen molar-refractivity contribution in [2.24, 2.45) is 0 Å². The molecule has 3 rings (SSSR count). The van der Waals surface area contributed by atoms with Crippen LogP contribution in [0.2, 0.25) is 0 Å². The zero-order chi connectivity index (χ0) is 16.8. The van der Waals surface area contributed by atoms with Crippen LogP contribution in [0.25, 0.3) is 0 Å². The Hall–Kier alpha value is -1.98. The number of thiocarbonyl (C=S) groups is 1. The molecule has 5 heteroatoms. The molecule has 0 radical (unpaired) electrons. The first-order valence-electron chi connectivity index (χ1n) is 8.41. The van der Waals surface area contributed by atoms with Gasteiger partial charge in [-0.3, -0.25) is 0 Å². The van der Waals surface area contributed by atoms with E-state index in [0.29, 0.717) is 11.7 Å². The number of nitrogens with one attached hydrogen (secondary N) is 3. The van der Waals surface area contributed by atoms with Gasteiger partial charge in [0.15, 0.2) is 5.11 Å². The molecule has 0 aliphatic carbocycles. The van der Waals surface area contributed by atoms with E-state index in [1.807, 2.05) is 0 Å². The fraction of sp³-hybridized carbons (Fsp3) is 0.316. The van der Waals surface area contributed by atoms with Gasteiger partial charge >= 0.3 is 0 Å². The van der Waals surface area contributed by atoms with E-state index in [0.717, 1.165) is 12.2 Å². The Labute approximate surface area is 147 Å². The van der Waals surface area contributed by atoms with E-state index < -0.39 is 0 Å². The molecule has 2 aromatic carbocycles. The summed E-state index contributed by atoms with van der Waals surface area (Å²) >= 11 is 5.27. The molecular weight excluding hydrogens is 321 g/mol. The van der Waals surface area contributed by atoms with E-state index in [-0.39, 0.29) is 5.82 Å². The molecule has 126 valence electrons. The van der Waals surface area contributed by atoms with Gasteiger partial charge in [0.25, 0.3) is 0 Å². The minimum atomic E-state index is -0.254. The summed E-state index contributed by atoms with van der Waals surface area (Å²) in [4.78, 5) is 1.69. The summed E-state index contributed by atoms with van der Waals surface area (Å²) in [5.41, 5.74) is 3.36. The summed E-state index contributed by atoms with van der Waals surface area (Å²) in [5.74, 6) is -0.254. The van der Waals surface area contributed by atoms with Crippen molar-refractivity contribution in [3.8, 4) is 0 Å². The molecule has 0 amide bonds. The van der Waals surface area contributed by atoms with Gasteiger partial charge in [-0.15, -0.1) is 0 Å². The molecule has 1 heterocycles. The first-order chi connectivity index (χ1) is 11.7. The lowest BCUT2D eigenvalue weighted by molar-refractivity contribution is -0.901. The molecule has 2 aromatic rings. The summed E-state index contributed by atoms with van der Waals surface area (Å²) < 4.78 is 12.9. The quantitative estimate of drug-likeness (QED) is 0.728.